The van der Waals surface area contributed by atoms with Gasteiger partial charge in [-0.25, -0.2) is 3.97 Å². The molecule has 0 aliphatic rings. The number of fused-ring (bicyclic) bond motifs is 1. The minimum atomic E-state index is -4.10. The van der Waals surface area contributed by atoms with Crippen molar-refractivity contribution >= 4 is 49.8 Å². The number of halogens is 1. The summed E-state index contributed by atoms with van der Waals surface area (Å²) in [7, 11) is 1.09. The summed E-state index contributed by atoms with van der Waals surface area (Å²) in [4.78, 5) is 13.8. The molecule has 0 N–H and O–H groups in total. The minimum absolute atomic E-state index is 0.307. The zero-order valence-electron chi connectivity index (χ0n) is 16.2. The second kappa shape index (κ2) is 8.46. The molecule has 0 amide bonds. The van der Waals surface area contributed by atoms with Crippen molar-refractivity contribution in [2.75, 3.05) is 34.4 Å². The van der Waals surface area contributed by atoms with Crippen LogP contribution >= 0.6 is 22.6 Å². The van der Waals surface area contributed by atoms with Crippen LogP contribution in [-0.2, 0) is 30.4 Å². The molecule has 0 aliphatic carbocycles. The number of methoxy groups -OCH3 is 1. The van der Waals surface area contributed by atoms with Gasteiger partial charge in [0.2, 0.25) is 0 Å². The van der Waals surface area contributed by atoms with E-state index < -0.39 is 21.7 Å². The number of hydrogen-bond donors (Lipinski definition) is 0. The predicted octanol–water partition coefficient (Wildman–Crippen LogP) is 2.66. The van der Waals surface area contributed by atoms with Gasteiger partial charge in [-0.15, -0.1) is 0 Å². The first kappa shape index (κ1) is 22.1. The Bertz CT molecular complexity index is 935. The van der Waals surface area contributed by atoms with Gasteiger partial charge < -0.3 is 9.64 Å². The largest absolute Gasteiger partial charge is 0.469 e. The smallest absolute Gasteiger partial charge is 0.366 e. The van der Waals surface area contributed by atoms with Crippen molar-refractivity contribution in [3.8, 4) is 0 Å². The van der Waals surface area contributed by atoms with Crippen LogP contribution in [0.1, 0.15) is 19.4 Å². The molecule has 27 heavy (non-hydrogen) atoms. The molecule has 150 valence electrons. The third-order valence-electron chi connectivity index (χ3n) is 4.19. The van der Waals surface area contributed by atoms with Gasteiger partial charge in [0.25, 0.3) is 0 Å². The molecule has 0 aliphatic heterocycles. The van der Waals surface area contributed by atoms with Gasteiger partial charge in [0, 0.05) is 21.7 Å². The average molecular weight is 508 g/mol. The molecule has 0 spiro atoms. The standard InChI is InChI=1S/C18H25IN2O5S/c1-18(2,17(22)25-5)12-26-27(23,24)21-11-13(8-9-20(3)4)15-7-6-14(19)10-16(15)21/h6-7,10-11H,8-9,12H2,1-5H3. The molecule has 2 rings (SSSR count). The molecular weight excluding hydrogens is 483 g/mol. The molecule has 0 radical (unpaired) electrons. The monoisotopic (exact) mass is 508 g/mol. The second-order valence-electron chi connectivity index (χ2n) is 7.26. The van der Waals surface area contributed by atoms with Gasteiger partial charge in [0.05, 0.1) is 24.6 Å². The Morgan fingerprint density at radius 1 is 1.30 bits per heavy atom. The number of benzene rings is 1. The van der Waals surface area contributed by atoms with Crippen LogP contribution in [0.25, 0.3) is 10.9 Å². The zero-order chi connectivity index (χ0) is 20.4. The van der Waals surface area contributed by atoms with Crippen LogP contribution in [0.5, 0.6) is 0 Å². The lowest BCUT2D eigenvalue weighted by Crippen LogP contribution is -2.33. The van der Waals surface area contributed by atoms with E-state index in [1.54, 1.807) is 26.1 Å². The Morgan fingerprint density at radius 3 is 2.56 bits per heavy atom. The van der Waals surface area contributed by atoms with Gasteiger partial charge in [-0.2, -0.15) is 8.42 Å². The van der Waals surface area contributed by atoms with Crippen LogP contribution < -0.4 is 0 Å². The van der Waals surface area contributed by atoms with Crippen LogP contribution in [0.15, 0.2) is 24.4 Å². The van der Waals surface area contributed by atoms with Crippen LogP contribution in [0.3, 0.4) is 0 Å². The zero-order valence-corrected chi connectivity index (χ0v) is 19.1. The Morgan fingerprint density at radius 2 is 1.96 bits per heavy atom. The van der Waals surface area contributed by atoms with Gasteiger partial charge >= 0.3 is 16.3 Å². The first-order valence-electron chi connectivity index (χ1n) is 8.40. The van der Waals surface area contributed by atoms with Crippen LogP contribution in [0.2, 0.25) is 0 Å². The van der Waals surface area contributed by atoms with E-state index in [0.29, 0.717) is 11.9 Å². The highest BCUT2D eigenvalue weighted by molar-refractivity contribution is 14.1. The molecule has 2 aromatic rings. The maximum Gasteiger partial charge on any atom is 0.366 e. The Hall–Kier alpha value is -1.17. The van der Waals surface area contributed by atoms with E-state index in [4.69, 9.17) is 8.92 Å². The van der Waals surface area contributed by atoms with E-state index in [-0.39, 0.29) is 6.61 Å². The summed E-state index contributed by atoms with van der Waals surface area (Å²) in [6.07, 6.45) is 2.31. The number of rotatable bonds is 8. The van der Waals surface area contributed by atoms with Gasteiger partial charge in [-0.1, -0.05) is 6.07 Å². The highest BCUT2D eigenvalue weighted by Crippen LogP contribution is 2.27. The molecule has 7 nitrogen and oxygen atoms in total. The summed E-state index contributed by atoms with van der Waals surface area (Å²) in [6, 6.07) is 5.67. The maximum atomic E-state index is 12.8. The first-order valence-corrected chi connectivity index (χ1v) is 10.8. The maximum absolute atomic E-state index is 12.8. The molecule has 0 unspecified atom stereocenters. The lowest BCUT2D eigenvalue weighted by atomic mass is 9.95. The molecule has 0 saturated carbocycles. The number of ether oxygens (including phenoxy) is 1. The number of likely N-dealkylation sites (N-methyl/N-ethyl adjacent to an activating group) is 1. The summed E-state index contributed by atoms with van der Waals surface area (Å²) in [5, 5.41) is 0.872. The van der Waals surface area contributed by atoms with Crippen molar-refractivity contribution in [3.63, 3.8) is 0 Å². The molecule has 1 heterocycles. The fourth-order valence-corrected chi connectivity index (χ4v) is 4.26. The Labute approximate surface area is 174 Å². The van der Waals surface area contributed by atoms with Crippen LogP contribution in [0.4, 0.5) is 0 Å². The molecule has 0 atom stereocenters. The topological polar surface area (TPSA) is 77.8 Å². The van der Waals surface area contributed by atoms with Crippen molar-refractivity contribution in [3.05, 3.63) is 33.5 Å². The number of esters is 1. The SMILES string of the molecule is COC(=O)C(C)(C)COS(=O)(=O)n1cc(CCN(C)C)c2ccc(I)cc21. The third-order valence-corrected chi connectivity index (χ3v) is 6.06. The molecule has 1 aromatic carbocycles. The lowest BCUT2D eigenvalue weighted by Gasteiger charge is -2.21. The van der Waals surface area contributed by atoms with E-state index >= 15 is 0 Å². The molecular formula is C18H25IN2O5S. The van der Waals surface area contributed by atoms with E-state index in [0.717, 1.165) is 25.0 Å². The normalized spacial score (nSPS) is 12.7. The van der Waals surface area contributed by atoms with Gasteiger partial charge in [-0.3, -0.25) is 8.98 Å². The fraction of sp³-hybridized carbons (Fsp3) is 0.500. The van der Waals surface area contributed by atoms with E-state index in [1.165, 1.54) is 7.11 Å². The highest BCUT2D eigenvalue weighted by atomic mass is 127. The predicted molar refractivity (Wildman–Crippen MR) is 113 cm³/mol. The van der Waals surface area contributed by atoms with E-state index in [9.17, 15) is 13.2 Å². The molecule has 0 saturated heterocycles. The molecule has 9 heteroatoms. The van der Waals surface area contributed by atoms with Crippen molar-refractivity contribution in [2.24, 2.45) is 5.41 Å². The average Bonchev–Trinajstić information content (AvgIpc) is 2.96. The van der Waals surface area contributed by atoms with Crippen LogP contribution in [0, 0.1) is 8.99 Å². The second-order valence-corrected chi connectivity index (χ2v) is 9.99. The van der Waals surface area contributed by atoms with Crippen molar-refractivity contribution < 1.29 is 22.1 Å². The van der Waals surface area contributed by atoms with Crippen molar-refractivity contribution in [2.45, 2.75) is 20.3 Å². The molecule has 1 aromatic heterocycles. The fourth-order valence-electron chi connectivity index (χ4n) is 2.58. The summed E-state index contributed by atoms with van der Waals surface area (Å²) >= 11 is 2.14. The van der Waals surface area contributed by atoms with Gasteiger partial charge in [0.1, 0.15) is 0 Å². The number of carbonyl (C=O) groups excluding carboxylic acids is 1. The lowest BCUT2D eigenvalue weighted by molar-refractivity contribution is -0.152. The molecule has 0 fully saturated rings. The Balaban J connectivity index is 2.41. The van der Waals surface area contributed by atoms with Crippen molar-refractivity contribution in [1.29, 1.82) is 0 Å². The van der Waals surface area contributed by atoms with Gasteiger partial charge in [0.15, 0.2) is 0 Å². The summed E-state index contributed by atoms with van der Waals surface area (Å²) in [6.45, 7) is 3.64. The highest BCUT2D eigenvalue weighted by Gasteiger charge is 2.32. The summed E-state index contributed by atoms with van der Waals surface area (Å²) < 4.78 is 37.7. The van der Waals surface area contributed by atoms with E-state index in [1.807, 2.05) is 31.1 Å². The van der Waals surface area contributed by atoms with Crippen LogP contribution in [-0.4, -0.2) is 57.6 Å². The number of carbonyl (C=O) groups is 1. The van der Waals surface area contributed by atoms with Crippen molar-refractivity contribution in [1.82, 2.24) is 8.87 Å². The number of aromatic nitrogens is 1. The minimum Gasteiger partial charge on any atom is -0.469 e. The molecule has 0 bridgehead atoms. The first-order chi connectivity index (χ1) is 12.5. The quantitative estimate of drug-likeness (QED) is 0.403. The summed E-state index contributed by atoms with van der Waals surface area (Å²) in [5.74, 6) is -0.531. The third kappa shape index (κ3) is 5.21. The number of nitrogens with zero attached hydrogens (tertiary/aromatic N) is 2. The summed E-state index contributed by atoms with van der Waals surface area (Å²) in [5.41, 5.74) is 0.411. The van der Waals surface area contributed by atoms with Gasteiger partial charge in [-0.05, 0) is 74.7 Å². The van der Waals surface area contributed by atoms with E-state index in [2.05, 4.69) is 22.6 Å². The Kier molecular flexibility index (Phi) is 6.93. The number of hydrogen-bond acceptors (Lipinski definition) is 6.